The minimum absolute atomic E-state index is 0.601. The van der Waals surface area contributed by atoms with Crippen LogP contribution in [0, 0.1) is 0 Å². The highest BCUT2D eigenvalue weighted by atomic mass is 31.1. The van der Waals surface area contributed by atoms with E-state index in [9.17, 15) is 0 Å². The zero-order valence-electron chi connectivity index (χ0n) is 15.8. The summed E-state index contributed by atoms with van der Waals surface area (Å²) in [5, 5.41) is 4.24. The van der Waals surface area contributed by atoms with Gasteiger partial charge >= 0.3 is 0 Å². The molecule has 0 spiro atoms. The molecule has 0 saturated heterocycles. The third-order valence-corrected chi connectivity index (χ3v) is 7.17. The molecular weight excluding hydrogens is 355 g/mol. The predicted octanol–water partition coefficient (Wildman–Crippen LogP) is 6.40. The Kier molecular flexibility index (Phi) is 6.12. The summed E-state index contributed by atoms with van der Waals surface area (Å²) < 4.78 is 0. The van der Waals surface area contributed by atoms with Gasteiger partial charge in [-0.3, -0.25) is 0 Å². The average Bonchev–Trinajstić information content (AvgIpc) is 2.77. The molecule has 4 aromatic carbocycles. The maximum atomic E-state index is 2.39. The quantitative estimate of drug-likeness (QED) is 0.340. The molecule has 0 heterocycles. The first-order valence-electron chi connectivity index (χ1n) is 9.60. The molecule has 28 heavy (non-hydrogen) atoms. The molecule has 0 unspecified atom stereocenters. The number of allylic oxidation sites excluding steroid dienone is 1. The first kappa shape index (κ1) is 18.4. The Hall–Kier alpha value is -2.95. The van der Waals surface area contributed by atoms with Gasteiger partial charge in [0.15, 0.2) is 0 Å². The highest BCUT2D eigenvalue weighted by Crippen LogP contribution is 2.45. The second kappa shape index (κ2) is 9.31. The zero-order valence-corrected chi connectivity index (χ0v) is 16.7. The molecule has 0 radical (unpaired) electrons. The lowest BCUT2D eigenvalue weighted by Crippen LogP contribution is -2.14. The maximum absolute atomic E-state index is 2.39. The molecule has 0 aromatic heterocycles. The normalized spacial score (nSPS) is 11.5. The number of benzene rings is 4. The molecule has 0 nitrogen and oxygen atoms in total. The standard InChI is InChI=1S/C27H23P/c1-5-13-23(14-6-1)21-27(22-24-15-7-2-8-16-24)28(25-17-9-3-10-18-25)26-19-11-4-12-20-26/h1-21H,22H2/b27-21+. The molecule has 0 saturated carbocycles. The van der Waals surface area contributed by atoms with E-state index in [0.717, 1.165) is 6.42 Å². The molecule has 1 heteroatoms. The monoisotopic (exact) mass is 378 g/mol. The predicted molar refractivity (Wildman–Crippen MR) is 124 cm³/mol. The molecule has 0 aliphatic heterocycles. The molecule has 0 amide bonds. The number of hydrogen-bond donors (Lipinski definition) is 0. The zero-order chi connectivity index (χ0) is 19.0. The fourth-order valence-electron chi connectivity index (χ4n) is 3.38. The average molecular weight is 378 g/mol. The van der Waals surface area contributed by atoms with Crippen molar-refractivity contribution in [1.82, 2.24) is 0 Å². The van der Waals surface area contributed by atoms with E-state index in [1.165, 1.54) is 27.1 Å². The van der Waals surface area contributed by atoms with E-state index in [2.05, 4.69) is 127 Å². The minimum Gasteiger partial charge on any atom is -0.0622 e. The first-order valence-corrected chi connectivity index (χ1v) is 10.9. The van der Waals surface area contributed by atoms with Crippen LogP contribution in [0.3, 0.4) is 0 Å². The number of rotatable bonds is 6. The van der Waals surface area contributed by atoms with Crippen molar-refractivity contribution in [3.8, 4) is 0 Å². The van der Waals surface area contributed by atoms with E-state index in [1.807, 2.05) is 0 Å². The molecule has 0 atom stereocenters. The van der Waals surface area contributed by atoms with E-state index in [1.54, 1.807) is 0 Å². The van der Waals surface area contributed by atoms with Crippen molar-refractivity contribution in [2.45, 2.75) is 6.42 Å². The summed E-state index contributed by atoms with van der Waals surface area (Å²) in [7, 11) is -0.601. The van der Waals surface area contributed by atoms with Gasteiger partial charge in [-0.25, -0.2) is 0 Å². The summed E-state index contributed by atoms with van der Waals surface area (Å²) in [6, 6.07) is 43.3. The molecule has 4 rings (SSSR count). The Labute approximate surface area is 169 Å². The summed E-state index contributed by atoms with van der Waals surface area (Å²) in [5.74, 6) is 0. The van der Waals surface area contributed by atoms with Crippen molar-refractivity contribution in [2.75, 3.05) is 0 Å². The molecule has 136 valence electrons. The van der Waals surface area contributed by atoms with E-state index in [-0.39, 0.29) is 0 Å². The Morgan fingerprint density at radius 3 is 1.46 bits per heavy atom. The van der Waals surface area contributed by atoms with E-state index < -0.39 is 7.92 Å². The van der Waals surface area contributed by atoms with Gasteiger partial charge in [-0.2, -0.15) is 0 Å². The second-order valence-corrected chi connectivity index (χ2v) is 8.99. The van der Waals surface area contributed by atoms with Gasteiger partial charge in [-0.15, -0.1) is 0 Å². The van der Waals surface area contributed by atoms with Gasteiger partial charge in [0.25, 0.3) is 0 Å². The topological polar surface area (TPSA) is 0 Å². The third kappa shape index (κ3) is 4.66. The van der Waals surface area contributed by atoms with Crippen molar-refractivity contribution in [1.29, 1.82) is 0 Å². The molecule has 0 aliphatic rings. The van der Waals surface area contributed by atoms with Crippen LogP contribution in [0.5, 0.6) is 0 Å². The second-order valence-electron chi connectivity index (χ2n) is 6.72. The van der Waals surface area contributed by atoms with Gasteiger partial charge in [0.1, 0.15) is 0 Å². The van der Waals surface area contributed by atoms with Gasteiger partial charge in [-0.1, -0.05) is 127 Å². The fourth-order valence-corrected chi connectivity index (χ4v) is 5.90. The first-order chi connectivity index (χ1) is 13.9. The fraction of sp³-hybridized carbons (Fsp3) is 0.0370. The summed E-state index contributed by atoms with van der Waals surface area (Å²) in [6.45, 7) is 0. The van der Waals surface area contributed by atoms with Crippen molar-refractivity contribution < 1.29 is 0 Å². The van der Waals surface area contributed by atoms with Crippen LogP contribution >= 0.6 is 7.92 Å². The van der Waals surface area contributed by atoms with Crippen LogP contribution in [0.1, 0.15) is 11.1 Å². The highest BCUT2D eigenvalue weighted by Gasteiger charge is 2.19. The van der Waals surface area contributed by atoms with Crippen molar-refractivity contribution in [3.05, 3.63) is 138 Å². The molecule has 0 bridgehead atoms. The van der Waals surface area contributed by atoms with Crippen LogP contribution in [-0.4, -0.2) is 0 Å². The summed E-state index contributed by atoms with van der Waals surface area (Å²) in [4.78, 5) is 0. The van der Waals surface area contributed by atoms with Crippen LogP contribution < -0.4 is 10.6 Å². The Morgan fingerprint density at radius 1 is 0.536 bits per heavy atom. The van der Waals surface area contributed by atoms with Gasteiger partial charge in [0, 0.05) is 0 Å². The lowest BCUT2D eigenvalue weighted by Gasteiger charge is -2.23. The maximum Gasteiger partial charge on any atom is -0.00148 e. The summed E-state index contributed by atoms with van der Waals surface area (Å²) in [6.07, 6.45) is 3.34. The SMILES string of the molecule is C(=C(/Cc1ccccc1)P(c1ccccc1)c1ccccc1)/c1ccccc1. The van der Waals surface area contributed by atoms with Crippen LogP contribution in [0.15, 0.2) is 127 Å². The Bertz CT molecular complexity index is 967. The summed E-state index contributed by atoms with van der Waals surface area (Å²) >= 11 is 0. The van der Waals surface area contributed by atoms with Gasteiger partial charge in [-0.05, 0) is 41.4 Å². The Balaban J connectivity index is 1.84. The van der Waals surface area contributed by atoms with Gasteiger partial charge in [0.2, 0.25) is 0 Å². The summed E-state index contributed by atoms with van der Waals surface area (Å²) in [5.41, 5.74) is 2.61. The van der Waals surface area contributed by atoms with Crippen LogP contribution in [0.25, 0.3) is 6.08 Å². The molecule has 0 fully saturated rings. The van der Waals surface area contributed by atoms with E-state index in [4.69, 9.17) is 0 Å². The molecule has 4 aromatic rings. The third-order valence-electron chi connectivity index (χ3n) is 4.68. The Morgan fingerprint density at radius 2 is 0.964 bits per heavy atom. The number of hydrogen-bond acceptors (Lipinski definition) is 0. The molecule has 0 N–H and O–H groups in total. The molecule has 0 aliphatic carbocycles. The van der Waals surface area contributed by atoms with Gasteiger partial charge in [0.05, 0.1) is 0 Å². The smallest absolute Gasteiger partial charge is 0.00148 e. The van der Waals surface area contributed by atoms with Crippen molar-refractivity contribution >= 4 is 24.6 Å². The largest absolute Gasteiger partial charge is 0.0622 e. The lowest BCUT2D eigenvalue weighted by atomic mass is 10.1. The van der Waals surface area contributed by atoms with Crippen molar-refractivity contribution in [2.24, 2.45) is 0 Å². The molecular formula is C27H23P. The highest BCUT2D eigenvalue weighted by molar-refractivity contribution is 7.77. The van der Waals surface area contributed by atoms with Crippen LogP contribution in [0.2, 0.25) is 0 Å². The van der Waals surface area contributed by atoms with Crippen LogP contribution in [0.4, 0.5) is 0 Å². The van der Waals surface area contributed by atoms with Crippen LogP contribution in [-0.2, 0) is 6.42 Å². The van der Waals surface area contributed by atoms with E-state index in [0.29, 0.717) is 0 Å². The van der Waals surface area contributed by atoms with Crippen molar-refractivity contribution in [3.63, 3.8) is 0 Å². The lowest BCUT2D eigenvalue weighted by molar-refractivity contribution is 1.25. The van der Waals surface area contributed by atoms with Gasteiger partial charge < -0.3 is 0 Å². The van der Waals surface area contributed by atoms with E-state index >= 15 is 0 Å². The minimum atomic E-state index is -0.601.